The first-order valence-corrected chi connectivity index (χ1v) is 43.1. The van der Waals surface area contributed by atoms with Crippen LogP contribution in [0.2, 0.25) is 0 Å². The van der Waals surface area contributed by atoms with E-state index in [0.29, 0.717) is 0 Å². The van der Waals surface area contributed by atoms with Crippen LogP contribution < -0.4 is 0 Å². The number of unbranched alkanes of at least 4 members (excludes halogenated alkanes) is 54. The maximum absolute atomic E-state index is 12.0. The maximum atomic E-state index is 12.0. The van der Waals surface area contributed by atoms with E-state index < -0.39 is 0 Å². The molecule has 0 radical (unpaired) electrons. The second-order valence-corrected chi connectivity index (χ2v) is 30.0. The molecule has 0 atom stereocenters. The quantitative estimate of drug-likeness (QED) is 0.0273. The van der Waals surface area contributed by atoms with Gasteiger partial charge in [-0.25, -0.2) is 4.70 Å². The predicted octanol–water partition coefficient (Wildman–Crippen LogP) is 33.0. The van der Waals surface area contributed by atoms with E-state index in [1.165, 1.54) is 417 Å². The van der Waals surface area contributed by atoms with Gasteiger partial charge in [-0.3, -0.25) is 0 Å². The minimum atomic E-state index is 0. The molecule has 3 rings (SSSR count). The zero-order valence-electron chi connectivity index (χ0n) is 65.8. The molecule has 0 saturated carbocycles. The number of aryl methyl sites for hydroxylation is 4. The summed E-state index contributed by atoms with van der Waals surface area (Å²) in [4.78, 5) is 0. The standard InChI is InChI=1S/C38H56N2.2C27H55.Pd/c1-7-12-17-22-36-29(6)37(34-25-30(18-13-8-2)23-31(26-34)19-14-9-3)40(39)38(36)35-27-32(20-15-10-4)24-33(28-35)21-16-11-5;2*1-3-5-7-9-11-13-15-17-19-21-23-25-27-26-24-22-20-18-16-14-12-10-8-6-4-2;/h23-28H,7-22H2,1-6H3;2*1,3-27H2,2H3;/q;2*-1;+2. The Balaban J connectivity index is 0.00000144. The summed E-state index contributed by atoms with van der Waals surface area (Å²) in [5.74, 6) is 0. The first-order chi connectivity index (χ1) is 46.3. The van der Waals surface area contributed by atoms with Crippen molar-refractivity contribution in [2.24, 2.45) is 0 Å². The summed E-state index contributed by atoms with van der Waals surface area (Å²) in [7, 11) is 0. The molecule has 0 unspecified atom stereocenters. The van der Waals surface area contributed by atoms with Gasteiger partial charge in [-0.15, -0.1) is 0 Å². The summed E-state index contributed by atoms with van der Waals surface area (Å²) >= 11 is 0. The molecular formula is C92H166N2Pd. The molecule has 1 aliphatic heterocycles. The third-order valence-electron chi connectivity index (χ3n) is 20.7. The molecular weight excluding hydrogens is 1240 g/mol. The van der Waals surface area contributed by atoms with Crippen LogP contribution in [0.25, 0.3) is 16.9 Å². The van der Waals surface area contributed by atoms with Crippen molar-refractivity contribution in [2.75, 3.05) is 0 Å². The second kappa shape index (κ2) is 72.0. The van der Waals surface area contributed by atoms with E-state index >= 15 is 0 Å². The number of rotatable bonds is 66. The van der Waals surface area contributed by atoms with Crippen molar-refractivity contribution < 1.29 is 25.1 Å². The third kappa shape index (κ3) is 52.8. The fraction of sp³-hybridized carbons (Fsp3) is 0.804. The van der Waals surface area contributed by atoms with Crippen molar-refractivity contribution in [1.29, 1.82) is 0 Å². The molecule has 2 aromatic rings. The van der Waals surface area contributed by atoms with Crippen molar-refractivity contribution >= 4 is 11.4 Å². The van der Waals surface area contributed by atoms with Crippen LogP contribution in [0.1, 0.15) is 487 Å². The summed E-state index contributed by atoms with van der Waals surface area (Å²) < 4.78 is 1.57. The number of hydrogen-bond donors (Lipinski definition) is 0. The Morgan fingerprint density at radius 3 is 0.642 bits per heavy atom. The average Bonchev–Trinajstić information content (AvgIpc) is 1.62. The van der Waals surface area contributed by atoms with Gasteiger partial charge in [-0.2, -0.15) is 12.8 Å². The molecule has 1 aliphatic rings. The molecule has 0 fully saturated rings. The van der Waals surface area contributed by atoms with Gasteiger partial charge in [0.15, 0.2) is 0 Å². The number of nitrogens with zero attached hydrogens (tertiary/aromatic N) is 2. The first kappa shape index (κ1) is 93.2. The van der Waals surface area contributed by atoms with E-state index in [9.17, 15) is 5.53 Å². The fourth-order valence-corrected chi connectivity index (χ4v) is 14.4. The molecule has 1 heterocycles. The summed E-state index contributed by atoms with van der Waals surface area (Å²) in [6.45, 7) is 26.0. The molecule has 3 heteroatoms. The van der Waals surface area contributed by atoms with Crippen molar-refractivity contribution in [2.45, 2.75) is 479 Å². The molecule has 0 amide bonds. The molecule has 0 aromatic heterocycles. The Morgan fingerprint density at radius 2 is 0.432 bits per heavy atom. The Kier molecular flexibility index (Phi) is 70.6. The zero-order chi connectivity index (χ0) is 68.3. The monoisotopic (exact) mass is 1410 g/mol. The summed E-state index contributed by atoms with van der Waals surface area (Å²) in [6, 6.07) is 14.3. The molecule has 554 valence electrons. The Labute approximate surface area is 612 Å². The van der Waals surface area contributed by atoms with Crippen LogP contribution in [0.15, 0.2) is 47.5 Å². The number of allylic oxidation sites excluding steroid dienone is 2. The summed E-state index contributed by atoms with van der Waals surface area (Å²) in [6.07, 6.45) is 91.2. The third-order valence-corrected chi connectivity index (χ3v) is 20.7. The van der Waals surface area contributed by atoms with E-state index in [0.717, 1.165) is 62.8 Å². The van der Waals surface area contributed by atoms with Gasteiger partial charge in [0.1, 0.15) is 0 Å². The van der Waals surface area contributed by atoms with Crippen molar-refractivity contribution in [3.05, 3.63) is 100 Å². The van der Waals surface area contributed by atoms with Gasteiger partial charge in [0.05, 0.1) is 0 Å². The van der Waals surface area contributed by atoms with Crippen LogP contribution in [-0.4, -0.2) is 4.70 Å². The normalized spacial score (nSPS) is 12.2. The Morgan fingerprint density at radius 1 is 0.242 bits per heavy atom. The van der Waals surface area contributed by atoms with Crippen molar-refractivity contribution in [1.82, 2.24) is 0 Å². The Bertz CT molecular complexity index is 1870. The van der Waals surface area contributed by atoms with E-state index in [1.807, 2.05) is 0 Å². The molecule has 0 bridgehead atoms. The van der Waals surface area contributed by atoms with Crippen molar-refractivity contribution in [3.63, 3.8) is 0 Å². The zero-order valence-corrected chi connectivity index (χ0v) is 67.3. The van der Waals surface area contributed by atoms with E-state index in [2.05, 4.69) is 106 Å². The van der Waals surface area contributed by atoms with Crippen LogP contribution in [0, 0.1) is 13.8 Å². The van der Waals surface area contributed by atoms with Crippen LogP contribution in [0.4, 0.5) is 0 Å². The van der Waals surface area contributed by atoms with Crippen LogP contribution in [-0.2, 0) is 46.1 Å². The van der Waals surface area contributed by atoms with Gasteiger partial charge in [-0.05, 0) is 118 Å². The Hall–Kier alpha value is -1.82. The van der Waals surface area contributed by atoms with Crippen LogP contribution in [0.3, 0.4) is 0 Å². The van der Waals surface area contributed by atoms with Crippen molar-refractivity contribution in [3.8, 4) is 0 Å². The fourth-order valence-electron chi connectivity index (χ4n) is 14.4. The van der Waals surface area contributed by atoms with Gasteiger partial charge in [0.25, 0.3) is 0 Å². The topological polar surface area (TPSA) is 25.3 Å². The summed E-state index contributed by atoms with van der Waals surface area (Å²) in [5.41, 5.74) is 24.6. The minimum Gasteiger partial charge on any atom is -0.493 e. The molecule has 0 spiro atoms. The van der Waals surface area contributed by atoms with Gasteiger partial charge < -0.3 is 19.4 Å². The molecule has 2 nitrogen and oxygen atoms in total. The summed E-state index contributed by atoms with van der Waals surface area (Å²) in [5, 5.41) is 0. The van der Waals surface area contributed by atoms with Crippen LogP contribution in [0.5, 0.6) is 0 Å². The molecule has 2 aromatic carbocycles. The molecule has 0 saturated heterocycles. The van der Waals surface area contributed by atoms with Gasteiger partial charge in [0, 0.05) is 22.3 Å². The number of benzene rings is 2. The van der Waals surface area contributed by atoms with Crippen LogP contribution >= 0.6 is 0 Å². The number of hydrogen-bond acceptors (Lipinski definition) is 0. The largest absolute Gasteiger partial charge is 2.00 e. The second-order valence-electron chi connectivity index (χ2n) is 30.0. The predicted molar refractivity (Wildman–Crippen MR) is 428 cm³/mol. The molecule has 0 aliphatic carbocycles. The van der Waals surface area contributed by atoms with E-state index in [1.54, 1.807) is 4.70 Å². The van der Waals surface area contributed by atoms with Gasteiger partial charge >= 0.3 is 20.4 Å². The minimum absolute atomic E-state index is 0. The molecule has 95 heavy (non-hydrogen) atoms. The SMILES string of the molecule is CCCCCC1=C(c2cc(CCCC)cc(CCCC)c2)[N+](=[N-])C(c2cc(CCCC)cc(CCCC)c2)=C1C.[CH2-]CCCCCCCCCCCCCCCCCCCCCCCCCC.[CH2-]CCCCCCCCCCCCCCCCCCCCCCCCCC.[Pd+2]. The first-order valence-electron chi connectivity index (χ1n) is 43.1. The maximum Gasteiger partial charge on any atom is 2.00 e. The smallest absolute Gasteiger partial charge is 0.493 e. The van der Waals surface area contributed by atoms with E-state index in [4.69, 9.17) is 0 Å². The van der Waals surface area contributed by atoms with Gasteiger partial charge in [0.2, 0.25) is 11.4 Å². The average molecular weight is 1410 g/mol. The van der Waals surface area contributed by atoms with Gasteiger partial charge in [-0.1, -0.05) is 407 Å². The van der Waals surface area contributed by atoms with E-state index in [-0.39, 0.29) is 20.4 Å². The molecule has 0 N–H and O–H groups in total.